The van der Waals surface area contributed by atoms with Gasteiger partial charge in [-0.15, -0.1) is 15.3 Å². The molecule has 0 atom stereocenters. The number of rotatable bonds is 4. The number of benzene rings is 1. The second kappa shape index (κ2) is 7.14. The van der Waals surface area contributed by atoms with Gasteiger partial charge in [0.05, 0.1) is 0 Å². The Hall–Kier alpha value is -3.29. The summed E-state index contributed by atoms with van der Waals surface area (Å²) in [6, 6.07) is 10.9. The lowest BCUT2D eigenvalue weighted by molar-refractivity contribution is -0.120. The Morgan fingerprint density at radius 1 is 1.15 bits per heavy atom. The van der Waals surface area contributed by atoms with E-state index in [9.17, 15) is 9.59 Å². The first-order valence-corrected chi connectivity index (χ1v) is 8.94. The molecule has 1 saturated heterocycles. The maximum atomic E-state index is 12.6. The van der Waals surface area contributed by atoms with E-state index >= 15 is 0 Å². The molecule has 1 N–H and O–H groups in total. The fourth-order valence-corrected chi connectivity index (χ4v) is 3.32. The van der Waals surface area contributed by atoms with Crippen molar-refractivity contribution in [3.8, 4) is 0 Å². The predicted molar refractivity (Wildman–Crippen MR) is 101 cm³/mol. The van der Waals surface area contributed by atoms with Crippen LogP contribution in [0.2, 0.25) is 0 Å². The monoisotopic (exact) mass is 364 g/mol. The minimum atomic E-state index is -0.0547. The molecule has 8 nitrogen and oxygen atoms in total. The fourth-order valence-electron chi connectivity index (χ4n) is 3.32. The molecule has 1 aromatic carbocycles. The molecule has 2 aromatic heterocycles. The first-order chi connectivity index (χ1) is 13.1. The molecule has 4 rings (SSSR count). The van der Waals surface area contributed by atoms with Crippen LogP contribution < -0.4 is 10.2 Å². The van der Waals surface area contributed by atoms with Crippen molar-refractivity contribution in [2.24, 2.45) is 5.92 Å². The van der Waals surface area contributed by atoms with Crippen LogP contribution in [0.3, 0.4) is 0 Å². The summed E-state index contributed by atoms with van der Waals surface area (Å²) in [5.74, 6) is 0.783. The van der Waals surface area contributed by atoms with Gasteiger partial charge in [0.15, 0.2) is 11.4 Å². The van der Waals surface area contributed by atoms with Crippen LogP contribution in [0.5, 0.6) is 0 Å². The molecule has 1 fully saturated rings. The first kappa shape index (κ1) is 17.1. The second-order valence-corrected chi connectivity index (χ2v) is 6.71. The van der Waals surface area contributed by atoms with E-state index in [0.717, 1.165) is 31.7 Å². The van der Waals surface area contributed by atoms with Crippen molar-refractivity contribution in [1.29, 1.82) is 0 Å². The Morgan fingerprint density at radius 2 is 1.96 bits per heavy atom. The summed E-state index contributed by atoms with van der Waals surface area (Å²) >= 11 is 0. The van der Waals surface area contributed by atoms with Gasteiger partial charge in [0.1, 0.15) is 12.1 Å². The standard InChI is InChI=1S/C19H20N6O2/c1-13(26)15-3-2-4-16(11-15)21-19(27)14-7-9-24(10-8-14)18-6-5-17-22-20-12-25(17)23-18/h2-6,11-12,14H,7-10H2,1H3,(H,21,27). The van der Waals surface area contributed by atoms with E-state index in [1.54, 1.807) is 35.1 Å². The maximum Gasteiger partial charge on any atom is 0.227 e. The lowest BCUT2D eigenvalue weighted by Gasteiger charge is -2.32. The van der Waals surface area contributed by atoms with Gasteiger partial charge < -0.3 is 10.2 Å². The number of carbonyl (C=O) groups excluding carboxylic acids is 2. The molecule has 8 heteroatoms. The highest BCUT2D eigenvalue weighted by Crippen LogP contribution is 2.23. The van der Waals surface area contributed by atoms with Crippen molar-refractivity contribution in [1.82, 2.24) is 19.8 Å². The summed E-state index contributed by atoms with van der Waals surface area (Å²) in [6.07, 6.45) is 3.08. The minimum Gasteiger partial charge on any atom is -0.355 e. The number of Topliss-reactive ketones (excluding diaryl/α,β-unsaturated/α-hetero) is 1. The predicted octanol–water partition coefficient (Wildman–Crippen LogP) is 2.18. The maximum absolute atomic E-state index is 12.6. The van der Waals surface area contributed by atoms with Gasteiger partial charge in [-0.2, -0.15) is 4.52 Å². The number of carbonyl (C=O) groups is 2. The van der Waals surface area contributed by atoms with E-state index < -0.39 is 0 Å². The number of anilines is 2. The molecule has 1 amide bonds. The molecule has 3 heterocycles. The second-order valence-electron chi connectivity index (χ2n) is 6.71. The number of nitrogens with zero attached hydrogens (tertiary/aromatic N) is 5. The zero-order valence-electron chi connectivity index (χ0n) is 15.0. The highest BCUT2D eigenvalue weighted by atomic mass is 16.2. The van der Waals surface area contributed by atoms with Gasteiger partial charge in [0.25, 0.3) is 0 Å². The Labute approximate surface area is 156 Å². The summed E-state index contributed by atoms with van der Waals surface area (Å²) < 4.78 is 1.65. The Kier molecular flexibility index (Phi) is 4.53. The van der Waals surface area contributed by atoms with Crippen LogP contribution >= 0.6 is 0 Å². The van der Waals surface area contributed by atoms with Crippen LogP contribution in [0.15, 0.2) is 42.7 Å². The summed E-state index contributed by atoms with van der Waals surface area (Å²) in [6.45, 7) is 3.03. The van der Waals surface area contributed by atoms with Gasteiger partial charge in [-0.1, -0.05) is 12.1 Å². The quantitative estimate of drug-likeness (QED) is 0.714. The molecular weight excluding hydrogens is 344 g/mol. The topological polar surface area (TPSA) is 92.5 Å². The van der Waals surface area contributed by atoms with E-state index in [-0.39, 0.29) is 17.6 Å². The number of piperidine rings is 1. The molecule has 1 aliphatic heterocycles. The normalized spacial score (nSPS) is 15.1. The summed E-state index contributed by atoms with van der Waals surface area (Å²) in [4.78, 5) is 26.2. The molecule has 0 radical (unpaired) electrons. The van der Waals surface area contributed by atoms with Crippen LogP contribution in [0.25, 0.3) is 5.65 Å². The van der Waals surface area contributed by atoms with Gasteiger partial charge in [-0.05, 0) is 44.0 Å². The minimum absolute atomic E-state index is 0.00225. The lowest BCUT2D eigenvalue weighted by atomic mass is 9.95. The van der Waals surface area contributed by atoms with Crippen LogP contribution in [-0.2, 0) is 4.79 Å². The third-order valence-corrected chi connectivity index (χ3v) is 4.87. The van der Waals surface area contributed by atoms with Crippen molar-refractivity contribution in [3.05, 3.63) is 48.3 Å². The molecule has 0 bridgehead atoms. The van der Waals surface area contributed by atoms with Crippen molar-refractivity contribution >= 4 is 28.8 Å². The molecule has 1 aliphatic rings. The Bertz CT molecular complexity index is 991. The molecular formula is C19H20N6O2. The average molecular weight is 364 g/mol. The number of ketones is 1. The molecule has 138 valence electrons. The van der Waals surface area contributed by atoms with Crippen molar-refractivity contribution in [2.45, 2.75) is 19.8 Å². The number of hydrogen-bond donors (Lipinski definition) is 1. The van der Waals surface area contributed by atoms with Crippen LogP contribution in [0, 0.1) is 5.92 Å². The molecule has 0 spiro atoms. The number of amides is 1. The van der Waals surface area contributed by atoms with Gasteiger partial charge >= 0.3 is 0 Å². The third-order valence-electron chi connectivity index (χ3n) is 4.87. The van der Waals surface area contributed by atoms with Crippen LogP contribution in [0.4, 0.5) is 11.5 Å². The van der Waals surface area contributed by atoms with E-state index in [0.29, 0.717) is 16.9 Å². The summed E-state index contributed by atoms with van der Waals surface area (Å²) in [5.41, 5.74) is 1.97. The number of nitrogens with one attached hydrogen (secondary N) is 1. The zero-order valence-corrected chi connectivity index (χ0v) is 15.0. The number of fused-ring (bicyclic) bond motifs is 1. The highest BCUT2D eigenvalue weighted by Gasteiger charge is 2.26. The van der Waals surface area contributed by atoms with E-state index in [2.05, 4.69) is 25.5 Å². The SMILES string of the molecule is CC(=O)c1cccc(NC(=O)C2CCN(c3ccc4nncn4n3)CC2)c1. The van der Waals surface area contributed by atoms with Gasteiger partial charge in [0, 0.05) is 30.3 Å². The Morgan fingerprint density at radius 3 is 2.74 bits per heavy atom. The van der Waals surface area contributed by atoms with Gasteiger partial charge in [-0.25, -0.2) is 0 Å². The third kappa shape index (κ3) is 3.64. The summed E-state index contributed by atoms with van der Waals surface area (Å²) in [7, 11) is 0. The van der Waals surface area contributed by atoms with Gasteiger partial charge in [0.2, 0.25) is 5.91 Å². The first-order valence-electron chi connectivity index (χ1n) is 8.94. The largest absolute Gasteiger partial charge is 0.355 e. The Balaban J connectivity index is 1.37. The molecule has 0 saturated carbocycles. The smallest absolute Gasteiger partial charge is 0.227 e. The van der Waals surface area contributed by atoms with Crippen LogP contribution in [-0.4, -0.2) is 44.6 Å². The number of hydrogen-bond acceptors (Lipinski definition) is 6. The van der Waals surface area contributed by atoms with E-state index in [4.69, 9.17) is 0 Å². The molecule has 0 aliphatic carbocycles. The highest BCUT2D eigenvalue weighted by molar-refractivity contribution is 5.97. The molecule has 3 aromatic rings. The van der Waals surface area contributed by atoms with Crippen molar-refractivity contribution in [3.63, 3.8) is 0 Å². The average Bonchev–Trinajstić information content (AvgIpc) is 3.16. The number of aromatic nitrogens is 4. The lowest BCUT2D eigenvalue weighted by Crippen LogP contribution is -2.38. The van der Waals surface area contributed by atoms with Crippen LogP contribution in [0.1, 0.15) is 30.1 Å². The van der Waals surface area contributed by atoms with Crippen molar-refractivity contribution < 1.29 is 9.59 Å². The van der Waals surface area contributed by atoms with E-state index in [1.807, 2.05) is 12.1 Å². The zero-order chi connectivity index (χ0) is 18.8. The summed E-state index contributed by atoms with van der Waals surface area (Å²) in [5, 5.41) is 15.2. The van der Waals surface area contributed by atoms with Gasteiger partial charge in [-0.3, -0.25) is 9.59 Å². The fraction of sp³-hybridized carbons (Fsp3) is 0.316. The van der Waals surface area contributed by atoms with E-state index in [1.165, 1.54) is 6.92 Å². The molecule has 0 unspecified atom stereocenters. The molecule has 27 heavy (non-hydrogen) atoms. The van der Waals surface area contributed by atoms with Crippen molar-refractivity contribution in [2.75, 3.05) is 23.3 Å².